The minimum Gasteiger partial charge on any atom is -0.450 e. The first kappa shape index (κ1) is 18.1. The van der Waals surface area contributed by atoms with Gasteiger partial charge in [0.25, 0.3) is 5.91 Å². The van der Waals surface area contributed by atoms with Crippen LogP contribution < -0.4 is 5.43 Å². The number of benzene rings is 2. The van der Waals surface area contributed by atoms with Crippen LogP contribution in [-0.2, 0) is 4.74 Å². The summed E-state index contributed by atoms with van der Waals surface area (Å²) in [6.07, 6.45) is 0. The zero-order chi connectivity index (χ0) is 19.8. The number of morpholine rings is 1. The molecule has 148 valence electrons. The molecule has 1 saturated heterocycles. The summed E-state index contributed by atoms with van der Waals surface area (Å²) in [7, 11) is 0. The third-order valence-electron chi connectivity index (χ3n) is 5.75. The second kappa shape index (κ2) is 7.46. The number of fused-ring (bicyclic) bond motifs is 2. The van der Waals surface area contributed by atoms with Crippen molar-refractivity contribution in [1.82, 2.24) is 9.80 Å². The summed E-state index contributed by atoms with van der Waals surface area (Å²) in [5.74, 6) is -0.0468. The summed E-state index contributed by atoms with van der Waals surface area (Å²) in [5.41, 5.74) is 1.69. The monoisotopic (exact) mass is 390 g/mol. The molecule has 1 aromatic heterocycles. The third kappa shape index (κ3) is 3.14. The lowest BCUT2D eigenvalue weighted by molar-refractivity contribution is 0.0314. The second-order valence-corrected chi connectivity index (χ2v) is 7.44. The van der Waals surface area contributed by atoms with E-state index in [2.05, 4.69) is 4.90 Å². The van der Waals surface area contributed by atoms with Crippen molar-refractivity contribution in [2.24, 2.45) is 0 Å². The zero-order valence-corrected chi connectivity index (χ0v) is 16.0. The summed E-state index contributed by atoms with van der Waals surface area (Å²) in [4.78, 5) is 30.7. The molecule has 2 aromatic carbocycles. The first-order valence-electron chi connectivity index (χ1n) is 9.96. The van der Waals surface area contributed by atoms with Crippen LogP contribution in [0, 0.1) is 0 Å². The molecule has 6 heteroatoms. The Hall–Kier alpha value is -2.96. The van der Waals surface area contributed by atoms with Crippen LogP contribution in [0.1, 0.15) is 27.7 Å². The van der Waals surface area contributed by atoms with E-state index in [1.807, 2.05) is 42.5 Å². The van der Waals surface area contributed by atoms with Gasteiger partial charge in [0.1, 0.15) is 5.58 Å². The van der Waals surface area contributed by atoms with E-state index < -0.39 is 6.04 Å². The number of para-hydroxylation sites is 1. The van der Waals surface area contributed by atoms with Gasteiger partial charge >= 0.3 is 0 Å². The molecule has 3 aromatic rings. The molecule has 1 amide bonds. The zero-order valence-electron chi connectivity index (χ0n) is 16.0. The van der Waals surface area contributed by atoms with Gasteiger partial charge in [-0.05, 0) is 17.7 Å². The molecule has 0 spiro atoms. The van der Waals surface area contributed by atoms with Crippen LogP contribution in [-0.4, -0.2) is 55.1 Å². The van der Waals surface area contributed by atoms with Gasteiger partial charge in [-0.1, -0.05) is 42.5 Å². The Labute approximate surface area is 168 Å². The summed E-state index contributed by atoms with van der Waals surface area (Å²) in [5, 5.41) is 0.509. The van der Waals surface area contributed by atoms with Gasteiger partial charge in [-0.25, -0.2) is 0 Å². The van der Waals surface area contributed by atoms with Crippen LogP contribution in [0.25, 0.3) is 11.0 Å². The van der Waals surface area contributed by atoms with E-state index in [1.54, 1.807) is 17.0 Å². The van der Waals surface area contributed by atoms with E-state index in [0.717, 1.165) is 25.2 Å². The Kier molecular flexibility index (Phi) is 4.66. The standard InChI is InChI=1S/C23H22N2O4/c26-21-17-8-4-5-9-18(17)29-22-19(21)20(16-6-2-1-3-7-16)25(23(22)27)11-10-24-12-14-28-15-13-24/h1-9,20H,10-15H2/t20-/m0/s1. The molecule has 29 heavy (non-hydrogen) atoms. The van der Waals surface area contributed by atoms with Crippen LogP contribution in [0.15, 0.2) is 63.8 Å². The topological polar surface area (TPSA) is 63.0 Å². The highest BCUT2D eigenvalue weighted by Crippen LogP contribution is 2.37. The van der Waals surface area contributed by atoms with Crippen LogP contribution in [0.5, 0.6) is 0 Å². The normalized spacial score (nSPS) is 19.7. The Balaban J connectivity index is 1.58. The number of rotatable bonds is 4. The number of nitrogens with zero attached hydrogens (tertiary/aromatic N) is 2. The van der Waals surface area contributed by atoms with Gasteiger partial charge in [0.05, 0.1) is 30.2 Å². The average molecular weight is 390 g/mol. The predicted molar refractivity (Wildman–Crippen MR) is 109 cm³/mol. The molecule has 1 atom stereocenters. The van der Waals surface area contributed by atoms with Crippen LogP contribution in [0.3, 0.4) is 0 Å². The maximum atomic E-state index is 13.3. The van der Waals surface area contributed by atoms with Crippen molar-refractivity contribution >= 4 is 16.9 Å². The number of amides is 1. The van der Waals surface area contributed by atoms with Gasteiger partial charge in [-0.3, -0.25) is 14.5 Å². The van der Waals surface area contributed by atoms with Crippen molar-refractivity contribution < 1.29 is 13.9 Å². The second-order valence-electron chi connectivity index (χ2n) is 7.44. The van der Waals surface area contributed by atoms with E-state index in [0.29, 0.717) is 36.3 Å². The number of hydrogen-bond donors (Lipinski definition) is 0. The van der Waals surface area contributed by atoms with Crippen molar-refractivity contribution in [3.63, 3.8) is 0 Å². The SMILES string of the molecule is O=C1c2oc3ccccc3c(=O)c2[C@H](c2ccccc2)N1CCN1CCOCC1. The maximum Gasteiger partial charge on any atom is 0.290 e. The fraction of sp³-hybridized carbons (Fsp3) is 0.304. The van der Waals surface area contributed by atoms with Gasteiger partial charge in [0.2, 0.25) is 5.76 Å². The maximum absolute atomic E-state index is 13.3. The van der Waals surface area contributed by atoms with Gasteiger partial charge in [-0.2, -0.15) is 0 Å². The summed E-state index contributed by atoms with van der Waals surface area (Å²) >= 11 is 0. The molecule has 3 heterocycles. The number of ether oxygens (including phenoxy) is 1. The minimum absolute atomic E-state index is 0.127. The van der Waals surface area contributed by atoms with Crippen molar-refractivity contribution in [3.8, 4) is 0 Å². The molecule has 0 aliphatic carbocycles. The Morgan fingerprint density at radius 2 is 1.62 bits per heavy atom. The van der Waals surface area contributed by atoms with E-state index in [4.69, 9.17) is 9.15 Å². The lowest BCUT2D eigenvalue weighted by Gasteiger charge is -2.31. The molecule has 0 N–H and O–H groups in total. The number of carbonyl (C=O) groups excluding carboxylic acids is 1. The highest BCUT2D eigenvalue weighted by Gasteiger charge is 2.42. The Morgan fingerprint density at radius 1 is 0.897 bits per heavy atom. The molecule has 5 rings (SSSR count). The number of hydrogen-bond acceptors (Lipinski definition) is 5. The fourth-order valence-corrected chi connectivity index (χ4v) is 4.25. The average Bonchev–Trinajstić information content (AvgIpc) is 3.06. The first-order chi connectivity index (χ1) is 14.2. The van der Waals surface area contributed by atoms with Crippen LogP contribution >= 0.6 is 0 Å². The molecular formula is C23H22N2O4. The molecule has 2 aliphatic heterocycles. The Bertz CT molecular complexity index is 1100. The highest BCUT2D eigenvalue weighted by molar-refractivity contribution is 5.99. The molecule has 6 nitrogen and oxygen atoms in total. The summed E-state index contributed by atoms with van der Waals surface area (Å²) in [6, 6.07) is 16.4. The van der Waals surface area contributed by atoms with E-state index in [1.165, 1.54) is 0 Å². The first-order valence-corrected chi connectivity index (χ1v) is 9.96. The van der Waals surface area contributed by atoms with Gasteiger partial charge in [0.15, 0.2) is 5.43 Å². The minimum atomic E-state index is -0.430. The van der Waals surface area contributed by atoms with E-state index in [9.17, 15) is 9.59 Å². The van der Waals surface area contributed by atoms with Crippen molar-refractivity contribution in [1.29, 1.82) is 0 Å². The molecule has 0 unspecified atom stereocenters. The lowest BCUT2D eigenvalue weighted by Crippen LogP contribution is -2.42. The molecule has 0 saturated carbocycles. The van der Waals surface area contributed by atoms with Crippen molar-refractivity contribution in [3.05, 3.63) is 81.7 Å². The van der Waals surface area contributed by atoms with Crippen LogP contribution in [0.2, 0.25) is 0 Å². The van der Waals surface area contributed by atoms with Crippen molar-refractivity contribution in [2.45, 2.75) is 6.04 Å². The smallest absolute Gasteiger partial charge is 0.290 e. The predicted octanol–water partition coefficient (Wildman–Crippen LogP) is 2.67. The van der Waals surface area contributed by atoms with Crippen LogP contribution in [0.4, 0.5) is 0 Å². The lowest BCUT2D eigenvalue weighted by atomic mass is 9.98. The van der Waals surface area contributed by atoms with Gasteiger partial charge in [-0.15, -0.1) is 0 Å². The quantitative estimate of drug-likeness (QED) is 0.685. The largest absolute Gasteiger partial charge is 0.450 e. The molecule has 1 fully saturated rings. The van der Waals surface area contributed by atoms with Gasteiger partial charge in [0, 0.05) is 26.2 Å². The summed E-state index contributed by atoms with van der Waals surface area (Å²) < 4.78 is 11.4. The molecular weight excluding hydrogens is 368 g/mol. The highest BCUT2D eigenvalue weighted by atomic mass is 16.5. The van der Waals surface area contributed by atoms with Gasteiger partial charge < -0.3 is 14.1 Å². The summed E-state index contributed by atoms with van der Waals surface area (Å²) in [6.45, 7) is 4.39. The molecule has 2 aliphatic rings. The fourth-order valence-electron chi connectivity index (χ4n) is 4.25. The Morgan fingerprint density at radius 3 is 2.41 bits per heavy atom. The number of carbonyl (C=O) groups is 1. The third-order valence-corrected chi connectivity index (χ3v) is 5.75. The molecule has 0 radical (unpaired) electrons. The molecule has 0 bridgehead atoms. The van der Waals surface area contributed by atoms with E-state index in [-0.39, 0.29) is 17.1 Å². The van der Waals surface area contributed by atoms with Crippen molar-refractivity contribution in [2.75, 3.05) is 39.4 Å². The van der Waals surface area contributed by atoms with E-state index >= 15 is 0 Å².